The molecule has 1 heterocycles. The van der Waals surface area contributed by atoms with Crippen LogP contribution in [0.5, 0.6) is 0 Å². The first-order valence-corrected chi connectivity index (χ1v) is 6.09. The van der Waals surface area contributed by atoms with Crippen molar-refractivity contribution in [2.45, 2.75) is 19.9 Å². The van der Waals surface area contributed by atoms with Crippen LogP contribution >= 0.6 is 0 Å². The Morgan fingerprint density at radius 2 is 2.26 bits per heavy atom. The van der Waals surface area contributed by atoms with Gasteiger partial charge >= 0.3 is 0 Å². The average molecular weight is 260 g/mol. The van der Waals surface area contributed by atoms with Crippen LogP contribution in [0.3, 0.4) is 0 Å². The quantitative estimate of drug-likeness (QED) is 0.662. The van der Waals surface area contributed by atoms with E-state index in [2.05, 4.69) is 10.3 Å². The SMILES string of the molecule is CCc1ccc(NCc2nccn2C)cc1[N+](=O)[O-]. The zero-order valence-corrected chi connectivity index (χ0v) is 11.0. The molecule has 0 atom stereocenters. The second-order valence-electron chi connectivity index (χ2n) is 4.26. The Kier molecular flexibility index (Phi) is 3.79. The van der Waals surface area contributed by atoms with E-state index in [1.165, 1.54) is 0 Å². The Morgan fingerprint density at radius 3 is 2.84 bits per heavy atom. The fraction of sp³-hybridized carbons (Fsp3) is 0.308. The maximum atomic E-state index is 11.0. The molecule has 0 aliphatic heterocycles. The second kappa shape index (κ2) is 5.51. The molecular formula is C13H16N4O2. The van der Waals surface area contributed by atoms with Gasteiger partial charge in [0.2, 0.25) is 0 Å². The number of hydrogen-bond donors (Lipinski definition) is 1. The fourth-order valence-electron chi connectivity index (χ4n) is 1.89. The van der Waals surface area contributed by atoms with E-state index in [9.17, 15) is 10.1 Å². The smallest absolute Gasteiger partial charge is 0.274 e. The number of aryl methyl sites for hydroxylation is 2. The van der Waals surface area contributed by atoms with Gasteiger partial charge in [0.15, 0.2) is 0 Å². The number of hydrogen-bond acceptors (Lipinski definition) is 4. The molecule has 0 spiro atoms. The molecule has 19 heavy (non-hydrogen) atoms. The molecule has 0 bridgehead atoms. The first-order chi connectivity index (χ1) is 9.11. The standard InChI is InChI=1S/C13H16N4O2/c1-3-10-4-5-11(8-12(10)17(18)19)15-9-13-14-6-7-16(13)2/h4-8,15H,3,9H2,1-2H3. The molecule has 0 unspecified atom stereocenters. The molecule has 6 nitrogen and oxygen atoms in total. The van der Waals surface area contributed by atoms with Crippen LogP contribution in [0.15, 0.2) is 30.6 Å². The van der Waals surface area contributed by atoms with E-state index in [1.807, 2.05) is 30.8 Å². The third kappa shape index (κ3) is 2.90. The lowest BCUT2D eigenvalue weighted by Crippen LogP contribution is -2.06. The fourth-order valence-corrected chi connectivity index (χ4v) is 1.89. The molecule has 0 amide bonds. The molecule has 0 saturated heterocycles. The normalized spacial score (nSPS) is 10.4. The number of nitrogens with zero attached hydrogens (tertiary/aromatic N) is 3. The lowest BCUT2D eigenvalue weighted by molar-refractivity contribution is -0.385. The van der Waals surface area contributed by atoms with Gasteiger partial charge in [0, 0.05) is 36.8 Å². The van der Waals surface area contributed by atoms with Gasteiger partial charge in [-0.2, -0.15) is 0 Å². The van der Waals surface area contributed by atoms with Crippen molar-refractivity contribution in [3.8, 4) is 0 Å². The summed E-state index contributed by atoms with van der Waals surface area (Å²) < 4.78 is 1.90. The van der Waals surface area contributed by atoms with Crippen molar-refractivity contribution in [3.05, 3.63) is 52.1 Å². The van der Waals surface area contributed by atoms with Gasteiger partial charge in [-0.3, -0.25) is 10.1 Å². The van der Waals surface area contributed by atoms with E-state index < -0.39 is 0 Å². The maximum Gasteiger partial charge on any atom is 0.274 e. The molecule has 0 aliphatic carbocycles. The van der Waals surface area contributed by atoms with Gasteiger partial charge in [-0.25, -0.2) is 4.98 Å². The van der Waals surface area contributed by atoms with Crippen molar-refractivity contribution in [2.75, 3.05) is 5.32 Å². The topological polar surface area (TPSA) is 73.0 Å². The van der Waals surface area contributed by atoms with E-state index >= 15 is 0 Å². The van der Waals surface area contributed by atoms with Crippen molar-refractivity contribution in [3.63, 3.8) is 0 Å². The average Bonchev–Trinajstić information content (AvgIpc) is 2.81. The van der Waals surface area contributed by atoms with Crippen molar-refractivity contribution in [1.82, 2.24) is 9.55 Å². The molecule has 2 aromatic rings. The molecule has 100 valence electrons. The highest BCUT2D eigenvalue weighted by molar-refractivity contribution is 5.55. The molecule has 0 saturated carbocycles. The summed E-state index contributed by atoms with van der Waals surface area (Å²) in [6.07, 6.45) is 4.23. The molecule has 2 rings (SSSR count). The zero-order chi connectivity index (χ0) is 13.8. The molecule has 6 heteroatoms. The number of nitro benzene ring substituents is 1. The number of nitrogens with one attached hydrogen (secondary N) is 1. The largest absolute Gasteiger partial charge is 0.378 e. The van der Waals surface area contributed by atoms with Crippen LogP contribution < -0.4 is 5.32 Å². The van der Waals surface area contributed by atoms with Gasteiger partial charge < -0.3 is 9.88 Å². The maximum absolute atomic E-state index is 11.0. The number of nitro groups is 1. The van der Waals surface area contributed by atoms with E-state index in [4.69, 9.17) is 0 Å². The highest BCUT2D eigenvalue weighted by Gasteiger charge is 2.13. The predicted molar refractivity (Wildman–Crippen MR) is 73.0 cm³/mol. The van der Waals surface area contributed by atoms with Gasteiger partial charge in [-0.05, 0) is 12.5 Å². The molecular weight excluding hydrogens is 244 g/mol. The predicted octanol–water partition coefficient (Wildman–Crippen LogP) is 2.50. The first-order valence-electron chi connectivity index (χ1n) is 6.09. The Bertz CT molecular complexity index is 592. The summed E-state index contributed by atoms with van der Waals surface area (Å²) >= 11 is 0. The second-order valence-corrected chi connectivity index (χ2v) is 4.26. The summed E-state index contributed by atoms with van der Waals surface area (Å²) in [4.78, 5) is 14.8. The summed E-state index contributed by atoms with van der Waals surface area (Å²) in [6.45, 7) is 2.44. The zero-order valence-electron chi connectivity index (χ0n) is 11.0. The summed E-state index contributed by atoms with van der Waals surface area (Å²) in [7, 11) is 1.91. The summed E-state index contributed by atoms with van der Waals surface area (Å²) in [6, 6.07) is 5.22. The number of aromatic nitrogens is 2. The van der Waals surface area contributed by atoms with Crippen LogP contribution in [0.4, 0.5) is 11.4 Å². The van der Waals surface area contributed by atoms with Crippen molar-refractivity contribution in [1.29, 1.82) is 0 Å². The number of imidazole rings is 1. The lowest BCUT2D eigenvalue weighted by atomic mass is 10.1. The Balaban J connectivity index is 2.15. The molecule has 0 fully saturated rings. The Hall–Kier alpha value is -2.37. The Labute approximate surface area is 111 Å². The highest BCUT2D eigenvalue weighted by Crippen LogP contribution is 2.23. The first kappa shape index (κ1) is 13.1. The minimum Gasteiger partial charge on any atom is -0.378 e. The minimum absolute atomic E-state index is 0.160. The molecule has 1 aromatic carbocycles. The number of benzene rings is 1. The third-order valence-electron chi connectivity index (χ3n) is 3.03. The number of rotatable bonds is 5. The van der Waals surface area contributed by atoms with E-state index in [1.54, 1.807) is 18.3 Å². The van der Waals surface area contributed by atoms with Crippen molar-refractivity contribution in [2.24, 2.45) is 7.05 Å². The third-order valence-corrected chi connectivity index (χ3v) is 3.03. The minimum atomic E-state index is -0.342. The van der Waals surface area contributed by atoms with Gasteiger partial charge in [0.05, 0.1) is 11.5 Å². The van der Waals surface area contributed by atoms with Gasteiger partial charge in [-0.15, -0.1) is 0 Å². The van der Waals surface area contributed by atoms with Crippen LogP contribution in [0, 0.1) is 10.1 Å². The molecule has 0 aliphatic rings. The lowest BCUT2D eigenvalue weighted by Gasteiger charge is -2.08. The monoisotopic (exact) mass is 260 g/mol. The van der Waals surface area contributed by atoms with Crippen LogP contribution in [0.25, 0.3) is 0 Å². The van der Waals surface area contributed by atoms with Gasteiger partial charge in [-0.1, -0.05) is 13.0 Å². The van der Waals surface area contributed by atoms with E-state index in [-0.39, 0.29) is 10.6 Å². The Morgan fingerprint density at radius 1 is 1.47 bits per heavy atom. The van der Waals surface area contributed by atoms with E-state index in [0.717, 1.165) is 17.1 Å². The molecule has 1 N–H and O–H groups in total. The van der Waals surface area contributed by atoms with Crippen molar-refractivity contribution < 1.29 is 4.92 Å². The number of anilines is 1. The van der Waals surface area contributed by atoms with Gasteiger partial charge in [0.25, 0.3) is 5.69 Å². The van der Waals surface area contributed by atoms with Crippen molar-refractivity contribution >= 4 is 11.4 Å². The highest BCUT2D eigenvalue weighted by atomic mass is 16.6. The summed E-state index contributed by atoms with van der Waals surface area (Å²) in [5.74, 6) is 0.877. The van der Waals surface area contributed by atoms with E-state index in [0.29, 0.717) is 13.0 Å². The summed E-state index contributed by atoms with van der Waals surface area (Å²) in [5, 5.41) is 14.1. The summed E-state index contributed by atoms with van der Waals surface area (Å²) in [5.41, 5.74) is 1.63. The molecule has 1 aromatic heterocycles. The van der Waals surface area contributed by atoms with Gasteiger partial charge in [0.1, 0.15) is 5.82 Å². The van der Waals surface area contributed by atoms with Crippen LogP contribution in [0.2, 0.25) is 0 Å². The molecule has 0 radical (unpaired) electrons. The van der Waals surface area contributed by atoms with Crippen LogP contribution in [-0.2, 0) is 20.0 Å². The van der Waals surface area contributed by atoms with Crippen LogP contribution in [0.1, 0.15) is 18.3 Å². The van der Waals surface area contributed by atoms with Crippen LogP contribution in [-0.4, -0.2) is 14.5 Å².